The Labute approximate surface area is 118 Å². The lowest BCUT2D eigenvalue weighted by Crippen LogP contribution is -2.07. The first kappa shape index (κ1) is 14.1. The second-order valence-corrected chi connectivity index (χ2v) is 5.09. The van der Waals surface area contributed by atoms with Crippen molar-refractivity contribution in [2.75, 3.05) is 0 Å². The van der Waals surface area contributed by atoms with Crippen LogP contribution in [0.1, 0.15) is 38.2 Å². The van der Waals surface area contributed by atoms with Gasteiger partial charge in [0.15, 0.2) is 5.78 Å². The molecule has 2 rings (SSSR count). The SMILES string of the molecule is Cc1c(O)ccc(C(=O)c2ccc(O)c(C)c2C)c1C. The molecule has 2 N–H and O–H groups in total. The van der Waals surface area contributed by atoms with E-state index in [1.54, 1.807) is 26.0 Å². The molecule has 104 valence electrons. The van der Waals surface area contributed by atoms with Gasteiger partial charge in [0, 0.05) is 11.1 Å². The number of carbonyl (C=O) groups excluding carboxylic acids is 1. The Morgan fingerprint density at radius 3 is 1.40 bits per heavy atom. The van der Waals surface area contributed by atoms with Gasteiger partial charge in [-0.15, -0.1) is 0 Å². The highest BCUT2D eigenvalue weighted by Crippen LogP contribution is 2.28. The summed E-state index contributed by atoms with van der Waals surface area (Å²) in [4.78, 5) is 12.7. The van der Waals surface area contributed by atoms with Crippen molar-refractivity contribution in [2.24, 2.45) is 0 Å². The standard InChI is InChI=1S/C17H18O3/c1-9-11(3)15(18)7-5-13(9)17(20)14-6-8-16(19)12(4)10(14)2/h5-8,18-19H,1-4H3. The third-order valence-corrected chi connectivity index (χ3v) is 4.01. The van der Waals surface area contributed by atoms with Crippen LogP contribution in [-0.4, -0.2) is 16.0 Å². The van der Waals surface area contributed by atoms with Crippen LogP contribution < -0.4 is 0 Å². The molecule has 2 aromatic carbocycles. The van der Waals surface area contributed by atoms with Crippen LogP contribution in [0.2, 0.25) is 0 Å². The molecule has 0 saturated heterocycles. The number of aromatic hydroxyl groups is 2. The van der Waals surface area contributed by atoms with Gasteiger partial charge in [0.1, 0.15) is 11.5 Å². The fraction of sp³-hybridized carbons (Fsp3) is 0.235. The van der Waals surface area contributed by atoms with E-state index in [4.69, 9.17) is 0 Å². The van der Waals surface area contributed by atoms with Crippen LogP contribution in [0.5, 0.6) is 11.5 Å². The Hall–Kier alpha value is -2.29. The Kier molecular flexibility index (Phi) is 3.53. The molecule has 0 atom stereocenters. The molecule has 0 amide bonds. The minimum absolute atomic E-state index is 0.0915. The maximum absolute atomic E-state index is 12.7. The number of hydrogen-bond acceptors (Lipinski definition) is 3. The molecule has 0 unspecified atom stereocenters. The zero-order valence-corrected chi connectivity index (χ0v) is 12.1. The smallest absolute Gasteiger partial charge is 0.193 e. The lowest BCUT2D eigenvalue weighted by atomic mass is 9.92. The molecule has 0 radical (unpaired) electrons. The van der Waals surface area contributed by atoms with E-state index in [0.717, 1.165) is 11.1 Å². The van der Waals surface area contributed by atoms with Crippen LogP contribution in [0.25, 0.3) is 0 Å². The van der Waals surface area contributed by atoms with Gasteiger partial charge in [-0.3, -0.25) is 4.79 Å². The van der Waals surface area contributed by atoms with Crippen LogP contribution in [0.4, 0.5) is 0 Å². The van der Waals surface area contributed by atoms with Gasteiger partial charge in [-0.05, 0) is 74.2 Å². The van der Waals surface area contributed by atoms with Gasteiger partial charge in [0.25, 0.3) is 0 Å². The van der Waals surface area contributed by atoms with E-state index in [1.165, 1.54) is 12.1 Å². The third kappa shape index (κ3) is 2.16. The molecule has 0 aliphatic rings. The van der Waals surface area contributed by atoms with Gasteiger partial charge in [0.05, 0.1) is 0 Å². The first-order valence-corrected chi connectivity index (χ1v) is 6.47. The monoisotopic (exact) mass is 270 g/mol. The third-order valence-electron chi connectivity index (χ3n) is 4.01. The predicted molar refractivity (Wildman–Crippen MR) is 78.6 cm³/mol. The second-order valence-electron chi connectivity index (χ2n) is 5.09. The molecule has 0 saturated carbocycles. The maximum Gasteiger partial charge on any atom is 0.193 e. The van der Waals surface area contributed by atoms with E-state index < -0.39 is 0 Å². The molecule has 0 aliphatic carbocycles. The highest BCUT2D eigenvalue weighted by molar-refractivity contribution is 6.11. The summed E-state index contributed by atoms with van der Waals surface area (Å²) < 4.78 is 0. The highest BCUT2D eigenvalue weighted by atomic mass is 16.3. The Bertz CT molecular complexity index is 640. The Balaban J connectivity index is 2.58. The van der Waals surface area contributed by atoms with Crippen molar-refractivity contribution in [3.8, 4) is 11.5 Å². The lowest BCUT2D eigenvalue weighted by Gasteiger charge is -2.13. The molecule has 0 aliphatic heterocycles. The zero-order valence-electron chi connectivity index (χ0n) is 12.1. The summed E-state index contributed by atoms with van der Waals surface area (Å²) in [5, 5.41) is 19.3. The van der Waals surface area contributed by atoms with E-state index >= 15 is 0 Å². The normalized spacial score (nSPS) is 10.6. The molecular weight excluding hydrogens is 252 g/mol. The number of benzene rings is 2. The average Bonchev–Trinajstić information content (AvgIpc) is 2.42. The molecule has 20 heavy (non-hydrogen) atoms. The average molecular weight is 270 g/mol. The van der Waals surface area contributed by atoms with Crippen LogP contribution in [0.3, 0.4) is 0 Å². The van der Waals surface area contributed by atoms with E-state index in [1.807, 2.05) is 13.8 Å². The molecule has 0 aromatic heterocycles. The second kappa shape index (κ2) is 5.00. The van der Waals surface area contributed by atoms with Gasteiger partial charge >= 0.3 is 0 Å². The highest BCUT2D eigenvalue weighted by Gasteiger charge is 2.18. The number of hydrogen-bond donors (Lipinski definition) is 2. The summed E-state index contributed by atoms with van der Waals surface area (Å²) in [6.45, 7) is 7.22. The molecule has 3 heteroatoms. The van der Waals surface area contributed by atoms with E-state index in [2.05, 4.69) is 0 Å². The number of rotatable bonds is 2. The molecule has 0 fully saturated rings. The van der Waals surface area contributed by atoms with Gasteiger partial charge in [-0.1, -0.05) is 0 Å². The van der Waals surface area contributed by atoms with Crippen molar-refractivity contribution in [3.63, 3.8) is 0 Å². The number of carbonyl (C=O) groups is 1. The molecule has 0 heterocycles. The van der Waals surface area contributed by atoms with E-state index in [-0.39, 0.29) is 17.3 Å². The van der Waals surface area contributed by atoms with Crippen LogP contribution >= 0.6 is 0 Å². The summed E-state index contributed by atoms with van der Waals surface area (Å²) in [6.07, 6.45) is 0. The first-order valence-electron chi connectivity index (χ1n) is 6.47. The van der Waals surface area contributed by atoms with Crippen LogP contribution in [0, 0.1) is 27.7 Å². The van der Waals surface area contributed by atoms with Crippen molar-refractivity contribution in [3.05, 3.63) is 57.6 Å². The minimum Gasteiger partial charge on any atom is -0.508 e. The summed E-state index contributed by atoms with van der Waals surface area (Å²) in [6, 6.07) is 6.36. The van der Waals surface area contributed by atoms with Gasteiger partial charge in [0.2, 0.25) is 0 Å². The first-order chi connectivity index (χ1) is 9.34. The molecule has 0 bridgehead atoms. The fourth-order valence-electron chi connectivity index (χ4n) is 2.25. The lowest BCUT2D eigenvalue weighted by molar-refractivity contribution is 0.103. The van der Waals surface area contributed by atoms with Crippen molar-refractivity contribution >= 4 is 5.78 Å². The summed E-state index contributed by atoms with van der Waals surface area (Å²) in [7, 11) is 0. The van der Waals surface area contributed by atoms with Crippen LogP contribution in [0.15, 0.2) is 24.3 Å². The van der Waals surface area contributed by atoms with E-state index in [9.17, 15) is 15.0 Å². The topological polar surface area (TPSA) is 57.5 Å². The summed E-state index contributed by atoms with van der Waals surface area (Å²) >= 11 is 0. The van der Waals surface area contributed by atoms with Gasteiger partial charge in [-0.2, -0.15) is 0 Å². The fourth-order valence-corrected chi connectivity index (χ4v) is 2.25. The van der Waals surface area contributed by atoms with Gasteiger partial charge in [-0.25, -0.2) is 0 Å². The quantitative estimate of drug-likeness (QED) is 0.820. The van der Waals surface area contributed by atoms with Crippen molar-refractivity contribution in [2.45, 2.75) is 27.7 Å². The van der Waals surface area contributed by atoms with Crippen molar-refractivity contribution in [1.29, 1.82) is 0 Å². The van der Waals surface area contributed by atoms with Crippen LogP contribution in [-0.2, 0) is 0 Å². The maximum atomic E-state index is 12.7. The van der Waals surface area contributed by atoms with Crippen molar-refractivity contribution < 1.29 is 15.0 Å². The van der Waals surface area contributed by atoms with Gasteiger partial charge < -0.3 is 10.2 Å². The number of ketones is 1. The zero-order chi connectivity index (χ0) is 15.0. The van der Waals surface area contributed by atoms with E-state index in [0.29, 0.717) is 22.3 Å². The molecule has 0 spiro atoms. The minimum atomic E-state index is -0.0915. The van der Waals surface area contributed by atoms with Crippen molar-refractivity contribution in [1.82, 2.24) is 0 Å². The summed E-state index contributed by atoms with van der Waals surface area (Å²) in [5.41, 5.74) is 4.13. The Morgan fingerprint density at radius 1 is 0.700 bits per heavy atom. The number of phenolic OH excluding ortho intramolecular Hbond substituents is 2. The Morgan fingerprint density at radius 2 is 1.05 bits per heavy atom. The molecule has 2 aromatic rings. The summed E-state index contributed by atoms with van der Waals surface area (Å²) in [5.74, 6) is 0.293. The largest absolute Gasteiger partial charge is 0.508 e. The molecular formula is C17H18O3. The number of phenols is 2. The predicted octanol–water partition coefficient (Wildman–Crippen LogP) is 3.56. The molecule has 3 nitrogen and oxygen atoms in total.